The third kappa shape index (κ3) is 3.33. The number of nitrogens with one attached hydrogen (secondary N) is 1. The standard InChI is InChI=1S/C13H21N3O3/c1-2-19-9-13(18)15-11-4-3-5-12-10(11)8-14-16(12)6-7-17/h8,11,17H,2-7,9H2,1H3,(H,15,18). The first-order chi connectivity index (χ1) is 9.26. The van der Waals surface area contributed by atoms with Gasteiger partial charge < -0.3 is 15.2 Å². The summed E-state index contributed by atoms with van der Waals surface area (Å²) in [6, 6.07) is 0.0177. The van der Waals surface area contributed by atoms with Crippen LogP contribution in [0.5, 0.6) is 0 Å². The fourth-order valence-electron chi connectivity index (χ4n) is 2.49. The van der Waals surface area contributed by atoms with Gasteiger partial charge in [0.1, 0.15) is 6.61 Å². The first-order valence-corrected chi connectivity index (χ1v) is 6.78. The lowest BCUT2D eigenvalue weighted by atomic mass is 9.93. The number of aromatic nitrogens is 2. The molecule has 1 aliphatic rings. The Hall–Kier alpha value is -1.40. The maximum Gasteiger partial charge on any atom is 0.246 e. The van der Waals surface area contributed by atoms with Crippen molar-refractivity contribution in [2.45, 2.75) is 38.8 Å². The van der Waals surface area contributed by atoms with Gasteiger partial charge in [-0.2, -0.15) is 5.10 Å². The second-order valence-electron chi connectivity index (χ2n) is 4.64. The van der Waals surface area contributed by atoms with Gasteiger partial charge in [-0.25, -0.2) is 0 Å². The Kier molecular flexibility index (Phi) is 4.93. The fraction of sp³-hybridized carbons (Fsp3) is 0.692. The second-order valence-corrected chi connectivity index (χ2v) is 4.64. The summed E-state index contributed by atoms with van der Waals surface area (Å²) >= 11 is 0. The van der Waals surface area contributed by atoms with E-state index < -0.39 is 0 Å². The Bertz CT molecular complexity index is 431. The van der Waals surface area contributed by atoms with Crippen LogP contribution in [0.2, 0.25) is 0 Å². The van der Waals surface area contributed by atoms with Crippen molar-refractivity contribution in [1.29, 1.82) is 0 Å². The lowest BCUT2D eigenvalue weighted by Gasteiger charge is -2.24. The molecule has 6 heteroatoms. The van der Waals surface area contributed by atoms with Crippen molar-refractivity contribution in [2.75, 3.05) is 19.8 Å². The summed E-state index contributed by atoms with van der Waals surface area (Å²) in [6.45, 7) is 3.10. The number of carbonyl (C=O) groups excluding carboxylic acids is 1. The molecule has 1 atom stereocenters. The average molecular weight is 267 g/mol. The summed E-state index contributed by atoms with van der Waals surface area (Å²) in [7, 11) is 0. The summed E-state index contributed by atoms with van der Waals surface area (Å²) in [5, 5.41) is 16.3. The zero-order valence-electron chi connectivity index (χ0n) is 11.3. The molecule has 106 valence electrons. The number of hydrogen-bond donors (Lipinski definition) is 2. The van der Waals surface area contributed by atoms with Gasteiger partial charge in [0.05, 0.1) is 25.4 Å². The van der Waals surface area contributed by atoms with E-state index in [1.54, 1.807) is 6.20 Å². The number of aliphatic hydroxyl groups excluding tert-OH is 1. The number of amides is 1. The van der Waals surface area contributed by atoms with Crippen LogP contribution in [0.3, 0.4) is 0 Å². The number of hydrogen-bond acceptors (Lipinski definition) is 4. The lowest BCUT2D eigenvalue weighted by molar-refractivity contribution is -0.126. The third-order valence-corrected chi connectivity index (χ3v) is 3.35. The van der Waals surface area contributed by atoms with Crippen molar-refractivity contribution in [3.63, 3.8) is 0 Å². The van der Waals surface area contributed by atoms with E-state index in [0.29, 0.717) is 13.2 Å². The Balaban J connectivity index is 2.03. The van der Waals surface area contributed by atoms with E-state index in [1.165, 1.54) is 0 Å². The highest BCUT2D eigenvalue weighted by molar-refractivity contribution is 5.77. The highest BCUT2D eigenvalue weighted by atomic mass is 16.5. The Labute approximate surface area is 112 Å². The maximum absolute atomic E-state index is 11.7. The number of aliphatic hydroxyl groups is 1. The van der Waals surface area contributed by atoms with E-state index in [9.17, 15) is 4.79 Å². The van der Waals surface area contributed by atoms with Gasteiger partial charge in [0.2, 0.25) is 5.91 Å². The van der Waals surface area contributed by atoms with Crippen LogP contribution in [0.4, 0.5) is 0 Å². The summed E-state index contributed by atoms with van der Waals surface area (Å²) in [6.07, 6.45) is 4.70. The summed E-state index contributed by atoms with van der Waals surface area (Å²) < 4.78 is 6.93. The predicted octanol–water partition coefficient (Wildman–Crippen LogP) is 0.405. The van der Waals surface area contributed by atoms with Gasteiger partial charge in [-0.15, -0.1) is 0 Å². The van der Waals surface area contributed by atoms with E-state index in [-0.39, 0.29) is 25.2 Å². The lowest BCUT2D eigenvalue weighted by Crippen LogP contribution is -2.33. The average Bonchev–Trinajstić information content (AvgIpc) is 2.81. The van der Waals surface area contributed by atoms with E-state index in [1.807, 2.05) is 11.6 Å². The number of rotatable bonds is 6. The van der Waals surface area contributed by atoms with Gasteiger partial charge in [0.15, 0.2) is 0 Å². The number of fused-ring (bicyclic) bond motifs is 1. The molecule has 0 aliphatic heterocycles. The van der Waals surface area contributed by atoms with Gasteiger partial charge in [-0.3, -0.25) is 9.48 Å². The molecule has 0 bridgehead atoms. The van der Waals surface area contributed by atoms with Crippen molar-refractivity contribution in [2.24, 2.45) is 0 Å². The largest absolute Gasteiger partial charge is 0.394 e. The van der Waals surface area contributed by atoms with Crippen LogP contribution in [0, 0.1) is 0 Å². The molecule has 1 aromatic heterocycles. The highest BCUT2D eigenvalue weighted by Crippen LogP contribution is 2.29. The molecule has 19 heavy (non-hydrogen) atoms. The first kappa shape index (κ1) is 14.0. The van der Waals surface area contributed by atoms with Crippen molar-refractivity contribution >= 4 is 5.91 Å². The third-order valence-electron chi connectivity index (χ3n) is 3.35. The Morgan fingerprint density at radius 3 is 3.26 bits per heavy atom. The van der Waals surface area contributed by atoms with E-state index in [2.05, 4.69) is 10.4 Å². The Morgan fingerprint density at radius 2 is 2.53 bits per heavy atom. The molecule has 0 fully saturated rings. The predicted molar refractivity (Wildman–Crippen MR) is 69.6 cm³/mol. The molecule has 1 amide bonds. The van der Waals surface area contributed by atoms with Crippen LogP contribution < -0.4 is 5.32 Å². The SMILES string of the molecule is CCOCC(=O)NC1CCCc2c1cnn2CCO. The van der Waals surface area contributed by atoms with Gasteiger partial charge in [-0.1, -0.05) is 0 Å². The minimum absolute atomic E-state index is 0.0177. The van der Waals surface area contributed by atoms with Crippen molar-refractivity contribution in [3.05, 3.63) is 17.5 Å². The van der Waals surface area contributed by atoms with Crippen LogP contribution in [-0.4, -0.2) is 40.6 Å². The molecule has 1 aromatic rings. The maximum atomic E-state index is 11.7. The van der Waals surface area contributed by atoms with Crippen molar-refractivity contribution in [1.82, 2.24) is 15.1 Å². The minimum Gasteiger partial charge on any atom is -0.394 e. The molecule has 2 rings (SSSR count). The first-order valence-electron chi connectivity index (χ1n) is 6.78. The molecule has 0 radical (unpaired) electrons. The van der Waals surface area contributed by atoms with Crippen LogP contribution >= 0.6 is 0 Å². The summed E-state index contributed by atoms with van der Waals surface area (Å²) in [5.41, 5.74) is 2.20. The molecule has 0 saturated carbocycles. The summed E-state index contributed by atoms with van der Waals surface area (Å²) in [5.74, 6) is -0.0883. The van der Waals surface area contributed by atoms with Crippen LogP contribution in [0.25, 0.3) is 0 Å². The molecule has 1 unspecified atom stereocenters. The number of nitrogens with zero attached hydrogens (tertiary/aromatic N) is 2. The molecule has 0 saturated heterocycles. The van der Waals surface area contributed by atoms with E-state index in [0.717, 1.165) is 30.5 Å². The number of ether oxygens (including phenoxy) is 1. The molecule has 1 aliphatic carbocycles. The van der Waals surface area contributed by atoms with Crippen molar-refractivity contribution in [3.8, 4) is 0 Å². The molecular formula is C13H21N3O3. The van der Waals surface area contributed by atoms with Gasteiger partial charge in [0.25, 0.3) is 0 Å². The minimum atomic E-state index is -0.0883. The zero-order valence-corrected chi connectivity index (χ0v) is 11.3. The smallest absolute Gasteiger partial charge is 0.246 e. The van der Waals surface area contributed by atoms with Gasteiger partial charge in [-0.05, 0) is 26.2 Å². The summed E-state index contributed by atoms with van der Waals surface area (Å²) in [4.78, 5) is 11.7. The molecule has 0 aromatic carbocycles. The molecule has 0 spiro atoms. The number of carbonyl (C=O) groups is 1. The van der Waals surface area contributed by atoms with E-state index in [4.69, 9.17) is 9.84 Å². The van der Waals surface area contributed by atoms with Crippen molar-refractivity contribution < 1.29 is 14.6 Å². The molecule has 1 heterocycles. The van der Waals surface area contributed by atoms with Crippen LogP contribution in [-0.2, 0) is 22.5 Å². The van der Waals surface area contributed by atoms with Crippen LogP contribution in [0.15, 0.2) is 6.20 Å². The van der Waals surface area contributed by atoms with Gasteiger partial charge in [0, 0.05) is 17.9 Å². The van der Waals surface area contributed by atoms with Gasteiger partial charge >= 0.3 is 0 Å². The zero-order chi connectivity index (χ0) is 13.7. The normalized spacial score (nSPS) is 18.1. The topological polar surface area (TPSA) is 76.4 Å². The Morgan fingerprint density at radius 1 is 1.68 bits per heavy atom. The monoisotopic (exact) mass is 267 g/mol. The van der Waals surface area contributed by atoms with Crippen LogP contribution in [0.1, 0.15) is 37.1 Å². The molecular weight excluding hydrogens is 246 g/mol. The van der Waals surface area contributed by atoms with E-state index >= 15 is 0 Å². The molecule has 6 nitrogen and oxygen atoms in total. The fourth-order valence-corrected chi connectivity index (χ4v) is 2.49. The second kappa shape index (κ2) is 6.68. The quantitative estimate of drug-likeness (QED) is 0.782. The molecule has 2 N–H and O–H groups in total. The highest BCUT2D eigenvalue weighted by Gasteiger charge is 2.25.